The molecule has 6 rings (SSSR count). The number of hydrogen-bond acceptors (Lipinski definition) is 5. The van der Waals surface area contributed by atoms with E-state index in [2.05, 4.69) is 15.8 Å². The minimum atomic E-state index is -0.978. The lowest BCUT2D eigenvalue weighted by Crippen LogP contribution is -3.00. The number of hydrogen-bond donors (Lipinski definition) is 2. The molecule has 0 unspecified atom stereocenters. The summed E-state index contributed by atoms with van der Waals surface area (Å²) in [4.78, 5) is 25.6. The number of halogens is 3. The number of alkyl carbamates (subject to hydrolysis) is 1. The lowest BCUT2D eigenvalue weighted by atomic mass is 9.81. The zero-order valence-electron chi connectivity index (χ0n) is 19.9. The Hall–Kier alpha value is -3.50. The van der Waals surface area contributed by atoms with Gasteiger partial charge in [-0.1, -0.05) is 29.4 Å². The van der Waals surface area contributed by atoms with E-state index < -0.39 is 23.8 Å². The van der Waals surface area contributed by atoms with Crippen LogP contribution in [0, 0.1) is 17.6 Å². The summed E-state index contributed by atoms with van der Waals surface area (Å²) in [7, 11) is 0. The maximum absolute atomic E-state index is 13.9. The summed E-state index contributed by atoms with van der Waals surface area (Å²) in [6.45, 7) is 2.55. The number of fused-ring (bicyclic) bond motifs is 3. The molecule has 2 N–H and O–H groups in total. The predicted octanol–water partition coefficient (Wildman–Crippen LogP) is 1.02. The molecule has 2 amide bonds. The van der Waals surface area contributed by atoms with Crippen molar-refractivity contribution in [1.82, 2.24) is 10.5 Å². The highest BCUT2D eigenvalue weighted by molar-refractivity contribution is 5.90. The molecular formula is C26H27ClF2N4O4. The second-order valence-electron chi connectivity index (χ2n) is 9.55. The molecule has 3 aliphatic heterocycles. The minimum absolute atomic E-state index is 0. The number of piperidine rings is 3. The molecule has 0 saturated carbocycles. The van der Waals surface area contributed by atoms with Crippen LogP contribution >= 0.6 is 0 Å². The number of carbonyl (C=O) groups excluding carboxylic acids is 2. The standard InChI is InChI=1S/C26H26F2N4O4.ClH/c27-20-5-1-3-18(13-20)25(19-4-2-6-21(28)14-19)36-26(34)29-22-15-32(10-7-17(22)8-11-32)16-24(33)30-23-9-12-35-31-23;/h1-6,9,12-14,17,22,25H,7-8,10-11,15-16H2,(H-,29,30,31,33,34);1H/t17?,22-,32?;/m0./s1. The van der Waals surface area contributed by atoms with Crippen LogP contribution in [0.25, 0.3) is 0 Å². The van der Waals surface area contributed by atoms with E-state index in [0.29, 0.717) is 28.0 Å². The number of nitrogens with zero attached hydrogens (tertiary/aromatic N) is 2. The number of rotatable bonds is 7. The summed E-state index contributed by atoms with van der Waals surface area (Å²) in [5.74, 6) is -0.485. The molecule has 3 aromatic rings. The van der Waals surface area contributed by atoms with Crippen LogP contribution in [0.4, 0.5) is 19.4 Å². The number of quaternary nitrogens is 1. The highest BCUT2D eigenvalue weighted by Gasteiger charge is 2.47. The second-order valence-corrected chi connectivity index (χ2v) is 9.55. The number of aromatic nitrogens is 1. The quantitative estimate of drug-likeness (QED) is 0.443. The fraction of sp³-hybridized carbons (Fsp3) is 0.346. The molecule has 3 aliphatic rings. The molecule has 8 nitrogen and oxygen atoms in total. The van der Waals surface area contributed by atoms with Gasteiger partial charge in [0.05, 0.1) is 25.7 Å². The van der Waals surface area contributed by atoms with E-state index in [-0.39, 0.29) is 36.8 Å². The van der Waals surface area contributed by atoms with Gasteiger partial charge in [0.1, 0.15) is 17.9 Å². The van der Waals surface area contributed by atoms with Crippen LogP contribution in [0.2, 0.25) is 0 Å². The lowest BCUT2D eigenvalue weighted by Gasteiger charge is -2.52. The highest BCUT2D eigenvalue weighted by atomic mass is 35.5. The molecule has 0 radical (unpaired) electrons. The van der Waals surface area contributed by atoms with Gasteiger partial charge in [-0.2, -0.15) is 0 Å². The van der Waals surface area contributed by atoms with Gasteiger partial charge in [-0.3, -0.25) is 4.79 Å². The second kappa shape index (κ2) is 11.3. The smallest absolute Gasteiger partial charge is 0.408 e. The monoisotopic (exact) mass is 532 g/mol. The summed E-state index contributed by atoms with van der Waals surface area (Å²) in [5.41, 5.74) is 0.801. The number of amides is 2. The normalized spacial score (nSPS) is 22.2. The SMILES string of the molecule is O=C(C[N+]12CCC(CC1)[C@@H](NC(=O)OC(c1cccc(F)c1)c1cccc(F)c1)C2)Nc1ccon1.[Cl-]. The first-order valence-corrected chi connectivity index (χ1v) is 11.9. The molecule has 1 atom stereocenters. The molecule has 2 bridgehead atoms. The first kappa shape index (κ1) is 26.6. The number of nitrogens with one attached hydrogen (secondary N) is 2. The van der Waals surface area contributed by atoms with Gasteiger partial charge in [-0.05, 0) is 41.3 Å². The largest absolute Gasteiger partial charge is 1.00 e. The number of ether oxygens (including phenoxy) is 1. The van der Waals surface area contributed by atoms with Crippen molar-refractivity contribution in [2.75, 3.05) is 31.5 Å². The lowest BCUT2D eigenvalue weighted by molar-refractivity contribution is -0.936. The summed E-state index contributed by atoms with van der Waals surface area (Å²) >= 11 is 0. The van der Waals surface area contributed by atoms with Gasteiger partial charge in [-0.25, -0.2) is 13.6 Å². The Morgan fingerprint density at radius 3 is 2.27 bits per heavy atom. The van der Waals surface area contributed by atoms with Crippen LogP contribution in [0.15, 0.2) is 65.4 Å². The van der Waals surface area contributed by atoms with Crippen LogP contribution < -0.4 is 23.0 Å². The zero-order valence-corrected chi connectivity index (χ0v) is 20.7. The van der Waals surface area contributed by atoms with Crippen molar-refractivity contribution >= 4 is 17.8 Å². The van der Waals surface area contributed by atoms with E-state index in [9.17, 15) is 18.4 Å². The van der Waals surface area contributed by atoms with Gasteiger partial charge in [-0.15, -0.1) is 0 Å². The van der Waals surface area contributed by atoms with Crippen LogP contribution in [0.1, 0.15) is 30.1 Å². The molecule has 196 valence electrons. The Labute approximate surface area is 219 Å². The Morgan fingerprint density at radius 2 is 1.70 bits per heavy atom. The maximum atomic E-state index is 13.9. The van der Waals surface area contributed by atoms with E-state index in [4.69, 9.17) is 9.26 Å². The third-order valence-corrected chi connectivity index (χ3v) is 7.12. The topological polar surface area (TPSA) is 93.5 Å². The molecule has 4 heterocycles. The Bertz CT molecular complexity index is 1190. The van der Waals surface area contributed by atoms with Crippen LogP contribution in [-0.2, 0) is 9.53 Å². The van der Waals surface area contributed by atoms with Gasteiger partial charge >= 0.3 is 6.09 Å². The molecule has 3 saturated heterocycles. The van der Waals surface area contributed by atoms with Gasteiger partial charge in [0.15, 0.2) is 18.5 Å². The molecule has 3 fully saturated rings. The van der Waals surface area contributed by atoms with Crippen molar-refractivity contribution in [2.24, 2.45) is 5.92 Å². The van der Waals surface area contributed by atoms with Crippen LogP contribution in [0.5, 0.6) is 0 Å². The molecule has 11 heteroatoms. The van der Waals surface area contributed by atoms with E-state index >= 15 is 0 Å². The maximum Gasteiger partial charge on any atom is 0.408 e. The average molecular weight is 533 g/mol. The van der Waals surface area contributed by atoms with Gasteiger partial charge in [0, 0.05) is 18.9 Å². The van der Waals surface area contributed by atoms with Gasteiger partial charge in [0.2, 0.25) is 0 Å². The summed E-state index contributed by atoms with van der Waals surface area (Å²) < 4.78 is 38.9. The fourth-order valence-corrected chi connectivity index (χ4v) is 5.40. The van der Waals surface area contributed by atoms with E-state index in [1.807, 2.05) is 0 Å². The van der Waals surface area contributed by atoms with Crippen molar-refractivity contribution in [1.29, 1.82) is 0 Å². The Kier molecular flexibility index (Phi) is 8.09. The van der Waals surface area contributed by atoms with Crippen LogP contribution in [0.3, 0.4) is 0 Å². The molecule has 37 heavy (non-hydrogen) atoms. The van der Waals surface area contributed by atoms with Crippen molar-refractivity contribution < 1.29 is 44.5 Å². The summed E-state index contributed by atoms with van der Waals surface area (Å²) in [6, 6.07) is 12.8. The van der Waals surface area contributed by atoms with E-state index in [0.717, 1.165) is 25.9 Å². The Morgan fingerprint density at radius 1 is 1.05 bits per heavy atom. The first-order chi connectivity index (χ1) is 17.4. The summed E-state index contributed by atoms with van der Waals surface area (Å²) in [5, 5.41) is 9.43. The molecule has 2 aromatic carbocycles. The number of benzene rings is 2. The van der Waals surface area contributed by atoms with E-state index in [1.165, 1.54) is 42.7 Å². The van der Waals surface area contributed by atoms with Gasteiger partial charge < -0.3 is 36.8 Å². The fourth-order valence-electron chi connectivity index (χ4n) is 5.40. The highest BCUT2D eigenvalue weighted by Crippen LogP contribution is 2.34. The van der Waals surface area contributed by atoms with E-state index in [1.54, 1.807) is 18.2 Å². The zero-order chi connectivity index (χ0) is 25.1. The minimum Gasteiger partial charge on any atom is -1.00 e. The van der Waals surface area contributed by atoms with Crippen molar-refractivity contribution in [3.05, 3.63) is 83.6 Å². The number of carbonyl (C=O) groups is 2. The number of anilines is 1. The molecular weight excluding hydrogens is 506 g/mol. The van der Waals surface area contributed by atoms with Crippen LogP contribution in [-0.4, -0.2) is 53.9 Å². The first-order valence-electron chi connectivity index (χ1n) is 11.9. The molecule has 0 spiro atoms. The third kappa shape index (κ3) is 6.26. The van der Waals surface area contributed by atoms with Gasteiger partial charge in [0.25, 0.3) is 5.91 Å². The molecule has 0 aliphatic carbocycles. The predicted molar refractivity (Wildman–Crippen MR) is 126 cm³/mol. The van der Waals surface area contributed by atoms with Crippen molar-refractivity contribution in [2.45, 2.75) is 25.0 Å². The molecule has 1 aromatic heterocycles. The Balaban J connectivity index is 0.00000320. The van der Waals surface area contributed by atoms with Crippen molar-refractivity contribution in [3.63, 3.8) is 0 Å². The average Bonchev–Trinajstić information content (AvgIpc) is 3.36. The third-order valence-electron chi connectivity index (χ3n) is 7.12. The van der Waals surface area contributed by atoms with Crippen molar-refractivity contribution in [3.8, 4) is 0 Å². The summed E-state index contributed by atoms with van der Waals surface area (Å²) in [6.07, 6.45) is 1.49.